The van der Waals surface area contributed by atoms with E-state index in [-0.39, 0.29) is 6.04 Å². The Bertz CT molecular complexity index is 499. The molecule has 2 aromatic rings. The van der Waals surface area contributed by atoms with Crippen molar-refractivity contribution in [2.24, 2.45) is 0 Å². The minimum Gasteiger partial charge on any atom is -0.489 e. The van der Waals surface area contributed by atoms with Crippen LogP contribution in [0.5, 0.6) is 5.75 Å². The topological polar surface area (TPSA) is 21.3 Å². The van der Waals surface area contributed by atoms with Gasteiger partial charge in [0.25, 0.3) is 0 Å². The minimum atomic E-state index is 0.264. The van der Waals surface area contributed by atoms with E-state index in [1.807, 2.05) is 19.2 Å². The molecular formula is C14H16BrNOS. The van der Waals surface area contributed by atoms with E-state index in [2.05, 4.69) is 51.1 Å². The van der Waals surface area contributed by atoms with Gasteiger partial charge in [-0.25, -0.2) is 0 Å². The highest BCUT2D eigenvalue weighted by Crippen LogP contribution is 2.29. The molecule has 0 saturated carbocycles. The molecular weight excluding hydrogens is 310 g/mol. The van der Waals surface area contributed by atoms with Crippen LogP contribution in [0.25, 0.3) is 0 Å². The highest BCUT2D eigenvalue weighted by atomic mass is 79.9. The van der Waals surface area contributed by atoms with Crippen molar-refractivity contribution >= 4 is 27.3 Å². The second-order valence-electron chi connectivity index (χ2n) is 4.11. The van der Waals surface area contributed by atoms with Crippen molar-refractivity contribution in [1.29, 1.82) is 0 Å². The summed E-state index contributed by atoms with van der Waals surface area (Å²) in [5, 5.41) is 7.42. The number of ether oxygens (including phenoxy) is 1. The largest absolute Gasteiger partial charge is 0.489 e. The van der Waals surface area contributed by atoms with Crippen LogP contribution in [-0.2, 0) is 6.61 Å². The zero-order valence-electron chi connectivity index (χ0n) is 10.4. The second kappa shape index (κ2) is 6.36. The Morgan fingerprint density at radius 2 is 2.22 bits per heavy atom. The molecule has 0 bridgehead atoms. The van der Waals surface area contributed by atoms with Crippen LogP contribution >= 0.6 is 27.3 Å². The molecule has 1 aromatic heterocycles. The van der Waals surface area contributed by atoms with Crippen molar-refractivity contribution in [3.05, 3.63) is 50.6 Å². The second-order valence-corrected chi connectivity index (χ2v) is 5.81. The molecule has 18 heavy (non-hydrogen) atoms. The zero-order chi connectivity index (χ0) is 13.0. The smallest absolute Gasteiger partial charge is 0.124 e. The molecule has 1 aromatic carbocycles. The van der Waals surface area contributed by atoms with Crippen LogP contribution in [0.2, 0.25) is 0 Å². The first-order valence-corrected chi connectivity index (χ1v) is 7.55. The Labute approximate surface area is 120 Å². The molecule has 1 heterocycles. The minimum absolute atomic E-state index is 0.264. The number of thiophene rings is 1. The molecule has 1 N–H and O–H groups in total. The van der Waals surface area contributed by atoms with Crippen molar-refractivity contribution in [1.82, 2.24) is 5.32 Å². The van der Waals surface area contributed by atoms with Gasteiger partial charge in [0.2, 0.25) is 0 Å². The Balaban J connectivity index is 2.16. The molecule has 4 heteroatoms. The third-order valence-corrected chi connectivity index (χ3v) is 4.07. The van der Waals surface area contributed by atoms with Crippen molar-refractivity contribution < 1.29 is 4.74 Å². The third-order valence-electron chi connectivity index (χ3n) is 2.85. The van der Waals surface area contributed by atoms with Crippen molar-refractivity contribution in [3.63, 3.8) is 0 Å². The molecule has 2 nitrogen and oxygen atoms in total. The van der Waals surface area contributed by atoms with E-state index >= 15 is 0 Å². The van der Waals surface area contributed by atoms with E-state index in [1.54, 1.807) is 11.3 Å². The third kappa shape index (κ3) is 3.34. The lowest BCUT2D eigenvalue weighted by Crippen LogP contribution is -2.13. The number of benzene rings is 1. The van der Waals surface area contributed by atoms with Crippen molar-refractivity contribution in [2.45, 2.75) is 19.6 Å². The number of rotatable bonds is 5. The lowest BCUT2D eigenvalue weighted by atomic mass is 10.1. The van der Waals surface area contributed by atoms with E-state index in [0.29, 0.717) is 6.61 Å². The van der Waals surface area contributed by atoms with E-state index in [9.17, 15) is 0 Å². The van der Waals surface area contributed by atoms with Gasteiger partial charge in [0.1, 0.15) is 12.4 Å². The Morgan fingerprint density at radius 1 is 1.39 bits per heavy atom. The Kier molecular flexibility index (Phi) is 4.80. The quantitative estimate of drug-likeness (QED) is 0.881. The van der Waals surface area contributed by atoms with Gasteiger partial charge in [-0.2, -0.15) is 11.3 Å². The lowest BCUT2D eigenvalue weighted by Gasteiger charge is -2.16. The molecule has 0 spiro atoms. The van der Waals surface area contributed by atoms with Crippen molar-refractivity contribution in [2.75, 3.05) is 7.05 Å². The molecule has 0 aliphatic rings. The molecule has 0 radical (unpaired) electrons. The van der Waals surface area contributed by atoms with Crippen LogP contribution in [-0.4, -0.2) is 7.05 Å². The molecule has 96 valence electrons. The molecule has 0 saturated heterocycles. The van der Waals surface area contributed by atoms with Crippen LogP contribution < -0.4 is 10.1 Å². The Hall–Kier alpha value is -0.840. The van der Waals surface area contributed by atoms with Gasteiger partial charge in [0.15, 0.2) is 0 Å². The first-order chi connectivity index (χ1) is 8.70. The SMILES string of the molecule is CNC(C)c1cc(Br)ccc1OCc1ccsc1. The summed E-state index contributed by atoms with van der Waals surface area (Å²) in [7, 11) is 1.95. The predicted octanol–water partition coefficient (Wildman–Crippen LogP) is 4.37. The lowest BCUT2D eigenvalue weighted by molar-refractivity contribution is 0.300. The predicted molar refractivity (Wildman–Crippen MR) is 80.3 cm³/mol. The van der Waals surface area contributed by atoms with Gasteiger partial charge in [0, 0.05) is 16.1 Å². The average Bonchev–Trinajstić information content (AvgIpc) is 2.89. The van der Waals surface area contributed by atoms with Crippen LogP contribution in [0.3, 0.4) is 0 Å². The monoisotopic (exact) mass is 325 g/mol. The summed E-state index contributed by atoms with van der Waals surface area (Å²) in [6, 6.07) is 8.48. The fraction of sp³-hybridized carbons (Fsp3) is 0.286. The van der Waals surface area contributed by atoms with Crippen LogP contribution in [0.15, 0.2) is 39.5 Å². The molecule has 0 aliphatic carbocycles. The van der Waals surface area contributed by atoms with Gasteiger partial charge < -0.3 is 10.1 Å². The summed E-state index contributed by atoms with van der Waals surface area (Å²) in [4.78, 5) is 0. The van der Waals surface area contributed by atoms with E-state index in [0.717, 1.165) is 10.2 Å². The first-order valence-electron chi connectivity index (χ1n) is 5.81. The molecule has 2 rings (SSSR count). The maximum atomic E-state index is 5.91. The fourth-order valence-corrected chi connectivity index (χ4v) is 2.71. The number of halogens is 1. The number of hydrogen-bond donors (Lipinski definition) is 1. The van der Waals surface area contributed by atoms with Crippen LogP contribution in [0.4, 0.5) is 0 Å². The van der Waals surface area contributed by atoms with E-state index in [1.165, 1.54) is 11.1 Å². The molecule has 0 amide bonds. The summed E-state index contributed by atoms with van der Waals surface area (Å²) in [6.07, 6.45) is 0. The van der Waals surface area contributed by atoms with Gasteiger partial charge in [-0.15, -0.1) is 0 Å². The maximum absolute atomic E-state index is 5.91. The van der Waals surface area contributed by atoms with Crippen LogP contribution in [0, 0.1) is 0 Å². The standard InChI is InChI=1S/C14H16BrNOS/c1-10(16-2)13-7-12(15)3-4-14(13)17-8-11-5-6-18-9-11/h3-7,9-10,16H,8H2,1-2H3. The summed E-state index contributed by atoms with van der Waals surface area (Å²) in [5.41, 5.74) is 2.38. The number of hydrogen-bond acceptors (Lipinski definition) is 3. The highest BCUT2D eigenvalue weighted by molar-refractivity contribution is 9.10. The molecule has 0 fully saturated rings. The van der Waals surface area contributed by atoms with Crippen molar-refractivity contribution in [3.8, 4) is 5.75 Å². The summed E-state index contributed by atoms with van der Waals surface area (Å²) < 4.78 is 6.98. The normalized spacial score (nSPS) is 12.4. The van der Waals surface area contributed by atoms with Gasteiger partial charge in [-0.3, -0.25) is 0 Å². The first kappa shape index (κ1) is 13.6. The zero-order valence-corrected chi connectivity index (χ0v) is 12.8. The summed E-state index contributed by atoms with van der Waals surface area (Å²) in [5.74, 6) is 0.936. The molecule has 1 unspecified atom stereocenters. The fourth-order valence-electron chi connectivity index (χ4n) is 1.68. The van der Waals surface area contributed by atoms with Gasteiger partial charge >= 0.3 is 0 Å². The highest BCUT2D eigenvalue weighted by Gasteiger charge is 2.11. The van der Waals surface area contributed by atoms with E-state index in [4.69, 9.17) is 4.74 Å². The van der Waals surface area contributed by atoms with Gasteiger partial charge in [0.05, 0.1) is 0 Å². The van der Waals surface area contributed by atoms with Gasteiger partial charge in [-0.05, 0) is 54.6 Å². The molecule has 1 atom stereocenters. The summed E-state index contributed by atoms with van der Waals surface area (Å²) in [6.45, 7) is 2.74. The average molecular weight is 326 g/mol. The maximum Gasteiger partial charge on any atom is 0.124 e. The Morgan fingerprint density at radius 3 is 2.89 bits per heavy atom. The van der Waals surface area contributed by atoms with Crippen LogP contribution in [0.1, 0.15) is 24.1 Å². The number of nitrogens with one attached hydrogen (secondary N) is 1. The summed E-state index contributed by atoms with van der Waals surface area (Å²) >= 11 is 5.19. The van der Waals surface area contributed by atoms with Gasteiger partial charge in [-0.1, -0.05) is 15.9 Å². The molecule has 0 aliphatic heterocycles. The van der Waals surface area contributed by atoms with E-state index < -0.39 is 0 Å².